The molecule has 0 amide bonds. The molecule has 0 heterocycles. The minimum atomic E-state index is 0. The first kappa shape index (κ1) is 235. The maximum absolute atomic E-state index is 0. The predicted molar refractivity (Wildman–Crippen MR) is 2.75 cm³/mol. The molecule has 0 aromatic carbocycles. The van der Waals surface area contributed by atoms with Crippen molar-refractivity contribution in [2.24, 2.45) is 0 Å². The van der Waals surface area contributed by atoms with Crippen LogP contribution >= 0.6 is 0 Å². The zero-order valence-electron chi connectivity index (χ0n) is 2.34. The van der Waals surface area contributed by atoms with Gasteiger partial charge in [0.25, 0.3) is 0 Å². The Kier molecular flexibility index (Phi) is 5490. The summed E-state index contributed by atoms with van der Waals surface area (Å²) in [5.74, 6) is 0. The van der Waals surface area contributed by atoms with Gasteiger partial charge in [-0.2, -0.15) is 0 Å². The van der Waals surface area contributed by atoms with Gasteiger partial charge < -0.3 is 21.9 Å². The van der Waals surface area contributed by atoms with E-state index < -0.39 is 0 Å². The van der Waals surface area contributed by atoms with Crippen molar-refractivity contribution in [2.75, 3.05) is 0 Å². The van der Waals surface area contributed by atoms with E-state index in [0.717, 1.165) is 0 Å². The zero-order valence-corrected chi connectivity index (χ0v) is 5.29. The van der Waals surface area contributed by atoms with E-state index in [1.54, 1.807) is 0 Å². The van der Waals surface area contributed by atoms with Gasteiger partial charge in [0.15, 0.2) is 0 Å². The summed E-state index contributed by atoms with van der Waals surface area (Å²) in [7, 11) is 0. The first-order valence-corrected chi connectivity index (χ1v) is 0. The van der Waals surface area contributed by atoms with Crippen LogP contribution in [0.25, 0.3) is 0 Å². The number of rotatable bonds is 0. The minimum absolute atomic E-state index is 0. The largest absolute Gasteiger partial charge is 2.00 e. The summed E-state index contributed by atoms with van der Waals surface area (Å²) in [5.41, 5.74) is 0. The third-order valence-corrected chi connectivity index (χ3v) is 0. The van der Waals surface area contributed by atoms with E-state index in [1.807, 2.05) is 0 Å². The molecule has 0 aromatic rings. The molecule has 0 aliphatic rings. The van der Waals surface area contributed by atoms with Crippen molar-refractivity contribution in [3.05, 3.63) is 0 Å². The Hall–Kier alpha value is 1.05. The smallest absolute Gasteiger partial charge is 2.00 e. The van der Waals surface area contributed by atoms with Crippen molar-refractivity contribution in [3.8, 4) is 0 Å². The molecule has 4 nitrogen and oxygen atoms in total. The van der Waals surface area contributed by atoms with Gasteiger partial charge in [-0.15, -0.1) is 0 Å². The quantitative estimate of drug-likeness (QED) is 0.494. The molecule has 0 fully saturated rings. The molecule has 0 atom stereocenters. The second-order valence-corrected chi connectivity index (χ2v) is 0. The van der Waals surface area contributed by atoms with E-state index in [1.165, 1.54) is 0 Å². The Morgan fingerprint density at radius 1 is 0.500 bits per heavy atom. The fourth-order valence-corrected chi connectivity index (χ4v) is 0. The van der Waals surface area contributed by atoms with Crippen LogP contribution in [0.3, 0.4) is 0 Å². The van der Waals surface area contributed by atoms with Gasteiger partial charge in [-0.3, -0.25) is 0 Å². The van der Waals surface area contributed by atoms with Gasteiger partial charge in [0.2, 0.25) is 0 Å². The van der Waals surface area contributed by atoms with Crippen LogP contribution in [0.1, 0.15) is 0 Å². The van der Waals surface area contributed by atoms with Gasteiger partial charge >= 0.3 is 17.1 Å². The Morgan fingerprint density at radius 3 is 0.500 bits per heavy atom. The van der Waals surface area contributed by atoms with Crippen LogP contribution in [0.15, 0.2) is 0 Å². The molecule has 0 aromatic heterocycles. The molecular formula is CuMoO4-6. The van der Waals surface area contributed by atoms with E-state index >= 15 is 0 Å². The van der Waals surface area contributed by atoms with Crippen LogP contribution < -0.4 is 0 Å². The van der Waals surface area contributed by atoms with Crippen molar-refractivity contribution in [2.45, 2.75) is 0 Å². The first-order valence-electron chi connectivity index (χ1n) is 0. The van der Waals surface area contributed by atoms with Gasteiger partial charge in [-0.1, -0.05) is 0 Å². The molecule has 0 saturated heterocycles. The zero-order chi connectivity index (χ0) is 0. The van der Waals surface area contributed by atoms with Crippen LogP contribution in [-0.2, 0) is 60.0 Å². The van der Waals surface area contributed by atoms with Gasteiger partial charge in [0.1, 0.15) is 0 Å². The average Bonchev–Trinajstić information content (AvgIpc) is 0. The molecule has 0 unspecified atom stereocenters. The van der Waals surface area contributed by atoms with Gasteiger partial charge in [-0.05, 0) is 0 Å². The normalized spacial score (nSPS) is 0. The minimum Gasteiger partial charge on any atom is -2.00 e. The third kappa shape index (κ3) is 75.3. The third-order valence-electron chi connectivity index (χ3n) is 0. The molecule has 6 heteroatoms. The van der Waals surface area contributed by atoms with Crippen molar-refractivity contribution in [3.63, 3.8) is 0 Å². The van der Waals surface area contributed by atoms with E-state index in [-0.39, 0.29) is 60.0 Å². The van der Waals surface area contributed by atoms with Crippen molar-refractivity contribution in [1.82, 2.24) is 0 Å². The molecule has 0 N–H and O–H groups in total. The summed E-state index contributed by atoms with van der Waals surface area (Å²) in [6.07, 6.45) is 0. The fourth-order valence-electron chi connectivity index (χ4n) is 0. The summed E-state index contributed by atoms with van der Waals surface area (Å²) >= 11 is 0. The number of hydrogen-bond acceptors (Lipinski definition) is 0. The topological polar surface area (TPSA) is 114 Å². The molecule has 0 spiro atoms. The standard InChI is InChI=1S/Cu.Mo.4O/q+2;;4*-2. The van der Waals surface area contributed by atoms with Crippen LogP contribution in [0.4, 0.5) is 0 Å². The molecule has 1 radical (unpaired) electrons. The van der Waals surface area contributed by atoms with Crippen molar-refractivity contribution < 1.29 is 60.0 Å². The van der Waals surface area contributed by atoms with E-state index in [0.29, 0.717) is 0 Å². The van der Waals surface area contributed by atoms with Crippen LogP contribution in [0.5, 0.6) is 0 Å². The second kappa shape index (κ2) is 140. The van der Waals surface area contributed by atoms with Gasteiger partial charge in [-0.25, -0.2) is 0 Å². The van der Waals surface area contributed by atoms with Crippen LogP contribution in [0.2, 0.25) is 0 Å². The van der Waals surface area contributed by atoms with E-state index in [4.69, 9.17) is 0 Å². The average molecular weight is 223 g/mol. The van der Waals surface area contributed by atoms with E-state index in [9.17, 15) is 0 Å². The van der Waals surface area contributed by atoms with Gasteiger partial charge in [0, 0.05) is 21.1 Å². The molecule has 0 rings (SSSR count). The summed E-state index contributed by atoms with van der Waals surface area (Å²) in [6.45, 7) is 0. The van der Waals surface area contributed by atoms with Crippen LogP contribution in [-0.4, -0.2) is 0 Å². The molecule has 6 heavy (non-hydrogen) atoms. The van der Waals surface area contributed by atoms with Crippen LogP contribution in [0, 0.1) is 0 Å². The Morgan fingerprint density at radius 2 is 0.500 bits per heavy atom. The maximum Gasteiger partial charge on any atom is 2.00 e. The molecular weight excluding hydrogens is 223 g/mol. The summed E-state index contributed by atoms with van der Waals surface area (Å²) in [5, 5.41) is 0. The summed E-state index contributed by atoms with van der Waals surface area (Å²) in [6, 6.07) is 0. The number of hydrogen-bond donors (Lipinski definition) is 0. The monoisotopic (exact) mass is 225 g/mol. The SMILES string of the molecule is [Cu+2].[Mo].[O-2].[O-2].[O-2].[O-2]. The molecule has 0 bridgehead atoms. The van der Waals surface area contributed by atoms with E-state index in [2.05, 4.69) is 0 Å². The second-order valence-electron chi connectivity index (χ2n) is 0. The first-order chi connectivity index (χ1) is 0. The molecule has 0 aliphatic carbocycles. The summed E-state index contributed by atoms with van der Waals surface area (Å²) in [4.78, 5) is 0. The maximum atomic E-state index is 0. The van der Waals surface area contributed by atoms with Gasteiger partial charge in [0.05, 0.1) is 0 Å². The Balaban J connectivity index is 0. The van der Waals surface area contributed by atoms with Crippen molar-refractivity contribution >= 4 is 0 Å². The fraction of sp³-hybridized carbons (Fsp3) is 0. The summed E-state index contributed by atoms with van der Waals surface area (Å²) < 4.78 is 0. The molecule has 0 aliphatic heterocycles. The molecule has 47 valence electrons. The Bertz CT molecular complexity index is 7.51. The molecule has 0 saturated carbocycles. The predicted octanol–water partition coefficient (Wildman–Crippen LogP) is -0.480. The Labute approximate surface area is 60.3 Å². The van der Waals surface area contributed by atoms with Crippen molar-refractivity contribution in [1.29, 1.82) is 0 Å².